The third-order valence-corrected chi connectivity index (χ3v) is 4.67. The van der Waals surface area contributed by atoms with Gasteiger partial charge < -0.3 is 5.32 Å². The standard InChI is InChI=1S/C27H21N3O/c31-27(23-13-11-22(12-14-23)21-7-3-1-4-8-21)19-20-28-24-15-17-26(18-16-24)30-29-25-9-5-2-6-10-25/h1-20,28H/b20-19+,30-29?. The van der Waals surface area contributed by atoms with Gasteiger partial charge in [0.2, 0.25) is 0 Å². The van der Waals surface area contributed by atoms with E-state index in [1.54, 1.807) is 6.20 Å². The number of allylic oxidation sites excluding steroid dienone is 1. The van der Waals surface area contributed by atoms with Gasteiger partial charge in [-0.25, -0.2) is 0 Å². The lowest BCUT2D eigenvalue weighted by atomic mass is 10.0. The summed E-state index contributed by atoms with van der Waals surface area (Å²) in [5, 5.41) is 11.5. The van der Waals surface area contributed by atoms with E-state index in [1.165, 1.54) is 6.08 Å². The second-order valence-electron chi connectivity index (χ2n) is 6.87. The van der Waals surface area contributed by atoms with E-state index >= 15 is 0 Å². The summed E-state index contributed by atoms with van der Waals surface area (Å²) in [5.74, 6) is -0.0552. The van der Waals surface area contributed by atoms with Crippen LogP contribution >= 0.6 is 0 Å². The number of nitrogens with one attached hydrogen (secondary N) is 1. The summed E-state index contributed by atoms with van der Waals surface area (Å²) in [6.45, 7) is 0. The van der Waals surface area contributed by atoms with Gasteiger partial charge in [-0.05, 0) is 47.5 Å². The van der Waals surface area contributed by atoms with Crippen molar-refractivity contribution in [1.29, 1.82) is 0 Å². The van der Waals surface area contributed by atoms with Gasteiger partial charge in [0.05, 0.1) is 11.4 Å². The Morgan fingerprint density at radius 1 is 0.613 bits per heavy atom. The van der Waals surface area contributed by atoms with Crippen LogP contribution in [0, 0.1) is 0 Å². The first-order valence-electron chi connectivity index (χ1n) is 9.98. The molecule has 0 bridgehead atoms. The van der Waals surface area contributed by atoms with E-state index in [4.69, 9.17) is 0 Å². The van der Waals surface area contributed by atoms with Gasteiger partial charge in [-0.3, -0.25) is 4.79 Å². The molecule has 0 aliphatic carbocycles. The van der Waals surface area contributed by atoms with Crippen LogP contribution in [-0.2, 0) is 0 Å². The van der Waals surface area contributed by atoms with Crippen LogP contribution in [0.5, 0.6) is 0 Å². The molecular formula is C27H21N3O. The Hall–Kier alpha value is -4.31. The van der Waals surface area contributed by atoms with Crippen LogP contribution in [0.4, 0.5) is 17.1 Å². The molecule has 0 unspecified atom stereocenters. The van der Waals surface area contributed by atoms with Crippen LogP contribution in [0.3, 0.4) is 0 Å². The highest BCUT2D eigenvalue weighted by molar-refractivity contribution is 6.04. The lowest BCUT2D eigenvalue weighted by Crippen LogP contribution is -1.96. The largest absolute Gasteiger partial charge is 0.362 e. The molecule has 0 saturated carbocycles. The molecule has 4 heteroatoms. The zero-order chi connectivity index (χ0) is 21.3. The second-order valence-corrected chi connectivity index (χ2v) is 6.87. The molecule has 4 rings (SSSR count). The van der Waals surface area contributed by atoms with E-state index < -0.39 is 0 Å². The van der Waals surface area contributed by atoms with Gasteiger partial charge >= 0.3 is 0 Å². The predicted molar refractivity (Wildman–Crippen MR) is 126 cm³/mol. The molecule has 31 heavy (non-hydrogen) atoms. The van der Waals surface area contributed by atoms with E-state index in [0.717, 1.165) is 28.2 Å². The van der Waals surface area contributed by atoms with Crippen LogP contribution in [0.1, 0.15) is 10.4 Å². The Bertz CT molecular complexity index is 1180. The minimum Gasteiger partial charge on any atom is -0.362 e. The molecule has 0 fully saturated rings. The number of carbonyl (C=O) groups is 1. The van der Waals surface area contributed by atoms with Gasteiger partial charge in [0.15, 0.2) is 5.78 Å². The Balaban J connectivity index is 1.33. The van der Waals surface area contributed by atoms with Crippen molar-refractivity contribution in [3.63, 3.8) is 0 Å². The van der Waals surface area contributed by atoms with Crippen molar-refractivity contribution in [3.05, 3.63) is 127 Å². The van der Waals surface area contributed by atoms with Crippen molar-refractivity contribution in [1.82, 2.24) is 0 Å². The maximum absolute atomic E-state index is 12.4. The fraction of sp³-hybridized carbons (Fsp3) is 0. The highest BCUT2D eigenvalue weighted by Gasteiger charge is 2.03. The second kappa shape index (κ2) is 9.94. The van der Waals surface area contributed by atoms with Crippen LogP contribution in [0.2, 0.25) is 0 Å². The van der Waals surface area contributed by atoms with Gasteiger partial charge in [-0.15, -0.1) is 0 Å². The number of hydrogen-bond donors (Lipinski definition) is 1. The minimum atomic E-state index is -0.0552. The maximum atomic E-state index is 12.4. The van der Waals surface area contributed by atoms with Crippen LogP contribution in [0.15, 0.2) is 132 Å². The molecule has 4 nitrogen and oxygen atoms in total. The number of ketones is 1. The number of benzene rings is 4. The van der Waals surface area contributed by atoms with Crippen molar-refractivity contribution < 1.29 is 4.79 Å². The molecule has 0 atom stereocenters. The molecule has 1 N–H and O–H groups in total. The smallest absolute Gasteiger partial charge is 0.187 e. The van der Waals surface area contributed by atoms with Crippen molar-refractivity contribution in [2.75, 3.05) is 5.32 Å². The molecule has 0 amide bonds. The average molecular weight is 403 g/mol. The summed E-state index contributed by atoms with van der Waals surface area (Å²) in [5.41, 5.74) is 5.29. The first kappa shape index (κ1) is 20.0. The Morgan fingerprint density at radius 3 is 1.81 bits per heavy atom. The van der Waals surface area contributed by atoms with Gasteiger partial charge in [0.1, 0.15) is 0 Å². The van der Waals surface area contributed by atoms with E-state index in [2.05, 4.69) is 27.7 Å². The highest BCUT2D eigenvalue weighted by atomic mass is 16.1. The molecular weight excluding hydrogens is 382 g/mol. The molecule has 0 saturated heterocycles. The Kier molecular flexibility index (Phi) is 6.41. The Morgan fingerprint density at radius 2 is 1.16 bits per heavy atom. The molecule has 4 aromatic carbocycles. The summed E-state index contributed by atoms with van der Waals surface area (Å²) < 4.78 is 0. The van der Waals surface area contributed by atoms with E-state index in [1.807, 2.05) is 97.1 Å². The lowest BCUT2D eigenvalue weighted by molar-refractivity contribution is 0.104. The van der Waals surface area contributed by atoms with Gasteiger partial charge in [0, 0.05) is 23.5 Å². The molecule has 0 heterocycles. The van der Waals surface area contributed by atoms with Gasteiger partial charge in [0.25, 0.3) is 0 Å². The first-order valence-corrected chi connectivity index (χ1v) is 9.98. The summed E-state index contributed by atoms with van der Waals surface area (Å²) in [7, 11) is 0. The van der Waals surface area contributed by atoms with E-state index in [9.17, 15) is 4.79 Å². The van der Waals surface area contributed by atoms with Crippen molar-refractivity contribution >= 4 is 22.8 Å². The topological polar surface area (TPSA) is 53.8 Å². The monoisotopic (exact) mass is 403 g/mol. The fourth-order valence-electron chi connectivity index (χ4n) is 3.00. The van der Waals surface area contributed by atoms with Crippen LogP contribution in [0.25, 0.3) is 11.1 Å². The molecule has 0 aromatic heterocycles. The first-order chi connectivity index (χ1) is 15.3. The van der Waals surface area contributed by atoms with Crippen molar-refractivity contribution in [2.24, 2.45) is 10.2 Å². The molecule has 0 radical (unpaired) electrons. The number of hydrogen-bond acceptors (Lipinski definition) is 4. The summed E-state index contributed by atoms with van der Waals surface area (Å²) in [6, 6.07) is 34.8. The fourth-order valence-corrected chi connectivity index (χ4v) is 3.00. The maximum Gasteiger partial charge on any atom is 0.187 e. The molecule has 4 aromatic rings. The predicted octanol–water partition coefficient (Wildman–Crippen LogP) is 7.58. The van der Waals surface area contributed by atoms with Crippen molar-refractivity contribution in [2.45, 2.75) is 0 Å². The van der Waals surface area contributed by atoms with E-state index in [-0.39, 0.29) is 5.78 Å². The summed E-state index contributed by atoms with van der Waals surface area (Å²) in [4.78, 5) is 12.4. The molecule has 150 valence electrons. The Labute approximate surface area is 181 Å². The number of carbonyl (C=O) groups excluding carboxylic acids is 1. The molecule has 0 spiro atoms. The van der Waals surface area contributed by atoms with Gasteiger partial charge in [-0.2, -0.15) is 10.2 Å². The number of nitrogens with zero attached hydrogens (tertiary/aromatic N) is 2. The lowest BCUT2D eigenvalue weighted by Gasteiger charge is -2.03. The molecule has 0 aliphatic rings. The van der Waals surface area contributed by atoms with Crippen molar-refractivity contribution in [3.8, 4) is 11.1 Å². The summed E-state index contributed by atoms with van der Waals surface area (Å²) in [6.07, 6.45) is 3.18. The third kappa shape index (κ3) is 5.61. The van der Waals surface area contributed by atoms with Gasteiger partial charge in [-0.1, -0.05) is 72.8 Å². The number of rotatable bonds is 7. The van der Waals surface area contributed by atoms with Crippen LogP contribution < -0.4 is 5.32 Å². The average Bonchev–Trinajstić information content (AvgIpc) is 2.85. The quantitative estimate of drug-likeness (QED) is 0.196. The SMILES string of the molecule is O=C(/C=C/Nc1ccc(N=Nc2ccccc2)cc1)c1ccc(-c2ccccc2)cc1. The zero-order valence-electron chi connectivity index (χ0n) is 16.8. The third-order valence-electron chi connectivity index (χ3n) is 4.67. The minimum absolute atomic E-state index is 0.0552. The number of anilines is 1. The number of azo groups is 1. The molecule has 0 aliphatic heterocycles. The summed E-state index contributed by atoms with van der Waals surface area (Å²) >= 11 is 0. The highest BCUT2D eigenvalue weighted by Crippen LogP contribution is 2.21. The van der Waals surface area contributed by atoms with Crippen LogP contribution in [-0.4, -0.2) is 5.78 Å². The van der Waals surface area contributed by atoms with E-state index in [0.29, 0.717) is 5.56 Å². The normalized spacial score (nSPS) is 11.1. The zero-order valence-corrected chi connectivity index (χ0v) is 16.8.